The summed E-state index contributed by atoms with van der Waals surface area (Å²) < 4.78 is 49.8. The van der Waals surface area contributed by atoms with E-state index in [-0.39, 0.29) is 5.82 Å². The topological polar surface area (TPSA) is 98.3 Å². The van der Waals surface area contributed by atoms with Gasteiger partial charge in [0.05, 0.1) is 5.69 Å². The second kappa shape index (κ2) is 8.03. The van der Waals surface area contributed by atoms with E-state index in [1.807, 2.05) is 0 Å². The molecule has 124 valence electrons. The third-order valence-electron chi connectivity index (χ3n) is 2.19. The van der Waals surface area contributed by atoms with E-state index >= 15 is 0 Å². The minimum Gasteiger partial charge on any atom is -0.475 e. The smallest absolute Gasteiger partial charge is 0.475 e. The van der Waals surface area contributed by atoms with E-state index in [9.17, 15) is 17.6 Å². The molecular weight excluding hydrogens is 322 g/mol. The van der Waals surface area contributed by atoms with Gasteiger partial charge in [0.2, 0.25) is 5.88 Å². The fraction of sp³-hybridized carbons (Fsp3) is 0.154. The van der Waals surface area contributed by atoms with Crippen molar-refractivity contribution in [1.82, 2.24) is 9.97 Å². The third-order valence-corrected chi connectivity index (χ3v) is 2.19. The van der Waals surface area contributed by atoms with Gasteiger partial charge in [-0.15, -0.1) is 0 Å². The van der Waals surface area contributed by atoms with E-state index in [2.05, 4.69) is 9.97 Å². The van der Waals surface area contributed by atoms with Crippen LogP contribution in [0.15, 0.2) is 36.7 Å². The number of halogens is 4. The molecule has 2 rings (SSSR count). The molecule has 0 radical (unpaired) electrons. The number of hydrogen-bond donors (Lipinski definition) is 2. The van der Waals surface area contributed by atoms with Crippen molar-refractivity contribution in [2.24, 2.45) is 5.73 Å². The Morgan fingerprint density at radius 1 is 1.22 bits per heavy atom. The molecule has 2 aromatic rings. The lowest BCUT2D eigenvalue weighted by Gasteiger charge is -2.04. The Hall–Kier alpha value is -2.75. The van der Waals surface area contributed by atoms with Gasteiger partial charge in [0, 0.05) is 12.6 Å². The zero-order valence-electron chi connectivity index (χ0n) is 11.4. The van der Waals surface area contributed by atoms with Gasteiger partial charge in [-0.25, -0.2) is 19.2 Å². The zero-order chi connectivity index (χ0) is 17.5. The molecule has 0 saturated heterocycles. The van der Waals surface area contributed by atoms with Gasteiger partial charge in [-0.2, -0.15) is 13.2 Å². The number of aliphatic carboxylic acids is 1. The summed E-state index contributed by atoms with van der Waals surface area (Å²) in [4.78, 5) is 16.8. The first-order valence-electron chi connectivity index (χ1n) is 5.97. The average Bonchev–Trinajstić information content (AvgIpc) is 2.49. The number of ether oxygens (including phenoxy) is 1. The first-order chi connectivity index (χ1) is 10.7. The maximum atomic E-state index is 12.6. The SMILES string of the molecule is NCc1cc(Oc2ccc(F)cc2)ncn1.O=C(O)C(F)(F)F. The normalized spacial score (nSPS) is 10.5. The number of hydrogen-bond acceptors (Lipinski definition) is 5. The van der Waals surface area contributed by atoms with Gasteiger partial charge in [0.15, 0.2) is 0 Å². The van der Waals surface area contributed by atoms with Crippen LogP contribution in [0, 0.1) is 5.82 Å². The van der Waals surface area contributed by atoms with Crippen molar-refractivity contribution >= 4 is 5.97 Å². The minimum absolute atomic E-state index is 0.308. The second-order valence-electron chi connectivity index (χ2n) is 3.91. The van der Waals surface area contributed by atoms with Crippen LogP contribution in [-0.2, 0) is 11.3 Å². The van der Waals surface area contributed by atoms with Gasteiger partial charge in [-0.3, -0.25) is 0 Å². The average molecular weight is 333 g/mol. The minimum atomic E-state index is -5.08. The van der Waals surface area contributed by atoms with Crippen LogP contribution in [0.5, 0.6) is 11.6 Å². The summed E-state index contributed by atoms with van der Waals surface area (Å²) in [7, 11) is 0. The highest BCUT2D eigenvalue weighted by Gasteiger charge is 2.38. The highest BCUT2D eigenvalue weighted by molar-refractivity contribution is 5.73. The van der Waals surface area contributed by atoms with E-state index in [4.69, 9.17) is 20.4 Å². The number of alkyl halides is 3. The molecule has 0 fully saturated rings. The van der Waals surface area contributed by atoms with Gasteiger partial charge < -0.3 is 15.6 Å². The Bertz CT molecular complexity index is 648. The summed E-state index contributed by atoms with van der Waals surface area (Å²) in [5.74, 6) is -2.16. The van der Waals surface area contributed by atoms with Crippen LogP contribution in [0.25, 0.3) is 0 Å². The molecule has 0 aliphatic carbocycles. The van der Waals surface area contributed by atoms with E-state index in [1.54, 1.807) is 6.07 Å². The van der Waals surface area contributed by atoms with Crippen molar-refractivity contribution in [3.05, 3.63) is 48.2 Å². The lowest BCUT2D eigenvalue weighted by atomic mass is 10.3. The van der Waals surface area contributed by atoms with Crippen molar-refractivity contribution in [1.29, 1.82) is 0 Å². The first-order valence-corrected chi connectivity index (χ1v) is 5.97. The lowest BCUT2D eigenvalue weighted by Crippen LogP contribution is -2.21. The van der Waals surface area contributed by atoms with E-state index in [0.717, 1.165) is 0 Å². The summed E-state index contributed by atoms with van der Waals surface area (Å²) in [5, 5.41) is 7.12. The number of benzene rings is 1. The van der Waals surface area contributed by atoms with Crippen molar-refractivity contribution in [3.8, 4) is 11.6 Å². The van der Waals surface area contributed by atoms with Crippen molar-refractivity contribution < 1.29 is 32.2 Å². The maximum absolute atomic E-state index is 12.6. The molecule has 23 heavy (non-hydrogen) atoms. The molecule has 0 aliphatic heterocycles. The highest BCUT2D eigenvalue weighted by Crippen LogP contribution is 2.19. The van der Waals surface area contributed by atoms with Gasteiger partial charge in [0.1, 0.15) is 17.9 Å². The molecule has 0 unspecified atom stereocenters. The van der Waals surface area contributed by atoms with Gasteiger partial charge in [-0.1, -0.05) is 0 Å². The van der Waals surface area contributed by atoms with Crippen LogP contribution in [0.2, 0.25) is 0 Å². The van der Waals surface area contributed by atoms with Crippen LogP contribution in [0.3, 0.4) is 0 Å². The Labute approximate surface area is 127 Å². The molecule has 0 amide bonds. The molecule has 0 aliphatic rings. The van der Waals surface area contributed by atoms with E-state index in [1.165, 1.54) is 30.6 Å². The Morgan fingerprint density at radius 2 is 1.78 bits per heavy atom. The number of nitrogens with zero attached hydrogens (tertiary/aromatic N) is 2. The summed E-state index contributed by atoms with van der Waals surface area (Å²) >= 11 is 0. The predicted molar refractivity (Wildman–Crippen MR) is 70.1 cm³/mol. The standard InChI is InChI=1S/C11H10FN3O.C2HF3O2/c12-8-1-3-10(4-2-8)16-11-5-9(6-13)14-7-15-11;3-2(4,5)1(6)7/h1-5,7H,6,13H2;(H,6,7). The van der Waals surface area contributed by atoms with E-state index < -0.39 is 12.1 Å². The molecule has 1 heterocycles. The largest absolute Gasteiger partial charge is 0.490 e. The van der Waals surface area contributed by atoms with Crippen LogP contribution in [0.1, 0.15) is 5.69 Å². The Balaban J connectivity index is 0.000000322. The number of aromatic nitrogens is 2. The molecule has 10 heteroatoms. The van der Waals surface area contributed by atoms with Crippen LogP contribution < -0.4 is 10.5 Å². The third kappa shape index (κ3) is 6.70. The zero-order valence-corrected chi connectivity index (χ0v) is 11.4. The van der Waals surface area contributed by atoms with Gasteiger partial charge in [0.25, 0.3) is 0 Å². The Kier molecular flexibility index (Phi) is 6.39. The van der Waals surface area contributed by atoms with Gasteiger partial charge >= 0.3 is 12.1 Å². The predicted octanol–water partition coefficient (Wildman–Crippen LogP) is 2.50. The summed E-state index contributed by atoms with van der Waals surface area (Å²) in [6.07, 6.45) is -3.71. The van der Waals surface area contributed by atoms with Crippen LogP contribution in [0.4, 0.5) is 17.6 Å². The maximum Gasteiger partial charge on any atom is 0.490 e. The summed E-state index contributed by atoms with van der Waals surface area (Å²) in [6.45, 7) is 0.322. The highest BCUT2D eigenvalue weighted by atomic mass is 19.4. The molecule has 1 aromatic heterocycles. The quantitative estimate of drug-likeness (QED) is 0.838. The monoisotopic (exact) mass is 333 g/mol. The Morgan fingerprint density at radius 3 is 2.26 bits per heavy atom. The van der Waals surface area contributed by atoms with Crippen molar-refractivity contribution in [2.45, 2.75) is 12.7 Å². The van der Waals surface area contributed by atoms with Crippen LogP contribution in [-0.4, -0.2) is 27.2 Å². The molecule has 0 saturated carbocycles. The number of rotatable bonds is 3. The molecule has 0 bridgehead atoms. The summed E-state index contributed by atoms with van der Waals surface area (Å²) in [6, 6.07) is 7.34. The molecule has 6 nitrogen and oxygen atoms in total. The molecule has 0 atom stereocenters. The fourth-order valence-corrected chi connectivity index (χ4v) is 1.17. The first kappa shape index (κ1) is 18.3. The van der Waals surface area contributed by atoms with Crippen LogP contribution >= 0.6 is 0 Å². The number of carboxylic acids is 1. The summed E-state index contributed by atoms with van der Waals surface area (Å²) in [5.41, 5.74) is 6.12. The van der Waals surface area contributed by atoms with Gasteiger partial charge in [-0.05, 0) is 24.3 Å². The second-order valence-corrected chi connectivity index (χ2v) is 3.91. The lowest BCUT2D eigenvalue weighted by molar-refractivity contribution is -0.192. The van der Waals surface area contributed by atoms with Crippen molar-refractivity contribution in [3.63, 3.8) is 0 Å². The molecule has 0 spiro atoms. The number of nitrogens with two attached hydrogens (primary N) is 1. The van der Waals surface area contributed by atoms with Crippen molar-refractivity contribution in [2.75, 3.05) is 0 Å². The number of carbonyl (C=O) groups is 1. The fourth-order valence-electron chi connectivity index (χ4n) is 1.17. The molecule has 3 N–H and O–H groups in total. The van der Waals surface area contributed by atoms with E-state index in [0.29, 0.717) is 23.9 Å². The molecule has 1 aromatic carbocycles. The number of carboxylic acid groups (broad SMARTS) is 1. The molecular formula is C13H11F4N3O3.